The van der Waals surface area contributed by atoms with Crippen LogP contribution in [0, 0.1) is 11.8 Å². The van der Waals surface area contributed by atoms with Crippen molar-refractivity contribution in [3.8, 4) is 0 Å². The van der Waals surface area contributed by atoms with E-state index in [1.165, 1.54) is 4.90 Å². The van der Waals surface area contributed by atoms with E-state index in [-0.39, 0.29) is 49.1 Å². The Labute approximate surface area is 292 Å². The highest BCUT2D eigenvalue weighted by molar-refractivity contribution is 7.86. The van der Waals surface area contributed by atoms with Gasteiger partial charge in [0.2, 0.25) is 5.92 Å². The van der Waals surface area contributed by atoms with Crippen LogP contribution >= 0.6 is 0 Å². The summed E-state index contributed by atoms with van der Waals surface area (Å²) < 4.78 is 49.9. The molecule has 2 aliphatic carbocycles. The van der Waals surface area contributed by atoms with Gasteiger partial charge in [-0.2, -0.15) is 0 Å². The summed E-state index contributed by atoms with van der Waals surface area (Å²) in [7, 11) is -2.53. The summed E-state index contributed by atoms with van der Waals surface area (Å²) in [5, 5.41) is 0. The number of hydrogen-bond donors (Lipinski definition) is 0. The Bertz CT molecular complexity index is 1700. The zero-order valence-electron chi connectivity index (χ0n) is 29.8. The molecule has 3 atom stereocenters. The van der Waals surface area contributed by atoms with Gasteiger partial charge in [0.05, 0.1) is 28.2 Å². The number of nitrogens with zero attached hydrogens (tertiary/aromatic N) is 3. The van der Waals surface area contributed by atoms with E-state index in [9.17, 15) is 22.6 Å². The molecular formula is C38H51F2N3O4SSi. The van der Waals surface area contributed by atoms with E-state index < -0.39 is 35.6 Å². The topological polar surface area (TPSA) is 81.5 Å². The van der Waals surface area contributed by atoms with Gasteiger partial charge in [-0.3, -0.25) is 18.7 Å². The van der Waals surface area contributed by atoms with Crippen LogP contribution in [0.3, 0.4) is 0 Å². The van der Waals surface area contributed by atoms with Gasteiger partial charge >= 0.3 is 0 Å². The number of aromatic nitrogens is 2. The van der Waals surface area contributed by atoms with Crippen molar-refractivity contribution in [3.05, 3.63) is 65.0 Å². The van der Waals surface area contributed by atoms with Gasteiger partial charge in [0.1, 0.15) is 12.6 Å². The number of ether oxygens (including phenoxy) is 1. The smallest absolute Gasteiger partial charge is 0.262 e. The van der Waals surface area contributed by atoms with Crippen LogP contribution in [0.25, 0.3) is 11.0 Å². The van der Waals surface area contributed by atoms with Crippen LogP contribution in [-0.4, -0.2) is 61.6 Å². The van der Waals surface area contributed by atoms with Crippen molar-refractivity contribution in [2.45, 2.75) is 121 Å². The van der Waals surface area contributed by atoms with Gasteiger partial charge in [-0.15, -0.1) is 0 Å². The third-order valence-electron chi connectivity index (χ3n) is 10.4. The number of hydrogen-bond acceptors (Lipinski definition) is 5. The van der Waals surface area contributed by atoms with E-state index in [0.717, 1.165) is 41.3 Å². The van der Waals surface area contributed by atoms with Gasteiger partial charge in [0.15, 0.2) is 0 Å². The van der Waals surface area contributed by atoms with Crippen LogP contribution in [0.4, 0.5) is 8.78 Å². The first-order valence-corrected chi connectivity index (χ1v) is 22.9. The molecule has 11 heteroatoms. The number of carbonyl (C=O) groups is 2. The molecule has 2 heterocycles. The van der Waals surface area contributed by atoms with Crippen molar-refractivity contribution in [1.82, 2.24) is 14.5 Å². The first kappa shape index (κ1) is 36.0. The number of carbonyl (C=O) groups excluding carboxylic acids is 2. The molecule has 3 aromatic rings. The summed E-state index contributed by atoms with van der Waals surface area (Å²) in [6, 6.07) is 13.6. The van der Waals surface area contributed by atoms with E-state index in [4.69, 9.17) is 9.72 Å². The molecule has 266 valence electrons. The summed E-state index contributed by atoms with van der Waals surface area (Å²) >= 11 is 0. The minimum Gasteiger partial charge on any atom is -0.361 e. The van der Waals surface area contributed by atoms with Crippen LogP contribution < -0.4 is 0 Å². The van der Waals surface area contributed by atoms with Crippen molar-refractivity contribution in [1.29, 1.82) is 0 Å². The number of imide groups is 1. The first-order valence-electron chi connectivity index (χ1n) is 17.8. The van der Waals surface area contributed by atoms with Crippen molar-refractivity contribution in [3.63, 3.8) is 0 Å². The molecule has 7 nitrogen and oxygen atoms in total. The molecule has 3 aliphatic rings. The van der Waals surface area contributed by atoms with Crippen LogP contribution in [0.2, 0.25) is 25.7 Å². The number of benzene rings is 2. The maximum Gasteiger partial charge on any atom is 0.262 e. The summed E-state index contributed by atoms with van der Waals surface area (Å²) in [5.74, 6) is -1.96. The highest BCUT2D eigenvalue weighted by atomic mass is 32.2. The number of fused-ring (bicyclic) bond motifs is 2. The standard InChI is InChI=1S/C38H51F2N3O4SSi/c1-37(2,3)48(46)23-28(21-25-15-17-38(39,40)18-16-25)34-41-31-22-27(13-14-32(31)42(34)24-47-19-20-49(4,5)6)33(26-11-12-26)43-35(44)29-9-7-8-10-30(29)36(43)45/h7-10,13-14,22,25-26,28,33H,11-12,15-21,23-24H2,1-6H3/t28-,33-,48?/m1/s1. The Kier molecular flexibility index (Phi) is 10.1. The van der Waals surface area contributed by atoms with Gasteiger partial charge in [-0.05, 0) is 101 Å². The lowest BCUT2D eigenvalue weighted by Gasteiger charge is -2.31. The Balaban J connectivity index is 1.38. The molecule has 0 radical (unpaired) electrons. The second kappa shape index (κ2) is 13.8. The molecule has 1 aromatic heterocycles. The molecule has 0 saturated heterocycles. The third kappa shape index (κ3) is 8.09. The molecule has 1 aliphatic heterocycles. The average Bonchev–Trinajstić information content (AvgIpc) is 3.76. The molecule has 6 rings (SSSR count). The van der Waals surface area contributed by atoms with Crippen molar-refractivity contribution in [2.24, 2.45) is 11.8 Å². The van der Waals surface area contributed by atoms with Gasteiger partial charge in [0, 0.05) is 54.7 Å². The molecule has 0 N–H and O–H groups in total. The second-order valence-corrected chi connectivity index (χ2v) is 24.5. The number of alkyl halides is 2. The van der Waals surface area contributed by atoms with E-state index in [1.54, 1.807) is 24.3 Å². The van der Waals surface area contributed by atoms with Crippen LogP contribution in [0.15, 0.2) is 42.5 Å². The molecule has 1 unspecified atom stereocenters. The fourth-order valence-electron chi connectivity index (χ4n) is 7.25. The highest BCUT2D eigenvalue weighted by Crippen LogP contribution is 2.48. The van der Waals surface area contributed by atoms with E-state index in [1.807, 2.05) is 39.0 Å². The van der Waals surface area contributed by atoms with Crippen molar-refractivity contribution < 1.29 is 27.3 Å². The van der Waals surface area contributed by atoms with E-state index >= 15 is 0 Å². The Morgan fingerprint density at radius 2 is 1.63 bits per heavy atom. The number of imidazole rings is 1. The summed E-state index contributed by atoms with van der Waals surface area (Å²) in [6.07, 6.45) is 3.13. The summed E-state index contributed by atoms with van der Waals surface area (Å²) in [5.41, 5.74) is 3.34. The molecule has 2 aromatic carbocycles. The average molecular weight is 712 g/mol. The van der Waals surface area contributed by atoms with Gasteiger partial charge in [-0.1, -0.05) is 37.8 Å². The quantitative estimate of drug-likeness (QED) is 0.101. The molecule has 49 heavy (non-hydrogen) atoms. The predicted molar refractivity (Wildman–Crippen MR) is 193 cm³/mol. The predicted octanol–water partition coefficient (Wildman–Crippen LogP) is 8.94. The Morgan fingerprint density at radius 1 is 1.00 bits per heavy atom. The maximum absolute atomic E-state index is 14.1. The minimum absolute atomic E-state index is 0.0892. The lowest BCUT2D eigenvalue weighted by Crippen LogP contribution is -2.35. The lowest BCUT2D eigenvalue weighted by atomic mass is 9.81. The number of rotatable bonds is 13. The fourth-order valence-corrected chi connectivity index (χ4v) is 9.16. The molecule has 2 saturated carbocycles. The minimum atomic E-state index is -2.62. The third-order valence-corrected chi connectivity index (χ3v) is 14.2. The molecule has 0 spiro atoms. The van der Waals surface area contributed by atoms with Crippen molar-refractivity contribution in [2.75, 3.05) is 12.4 Å². The molecule has 0 bridgehead atoms. The van der Waals surface area contributed by atoms with Crippen molar-refractivity contribution >= 4 is 41.7 Å². The Morgan fingerprint density at radius 3 is 2.20 bits per heavy atom. The lowest BCUT2D eigenvalue weighted by molar-refractivity contribution is -0.0471. The molecular weight excluding hydrogens is 661 g/mol. The highest BCUT2D eigenvalue weighted by Gasteiger charge is 2.46. The molecule has 2 fully saturated rings. The second-order valence-electron chi connectivity index (χ2n) is 16.7. The fraction of sp³-hybridized carbons (Fsp3) is 0.605. The summed E-state index contributed by atoms with van der Waals surface area (Å²) in [4.78, 5) is 33.8. The normalized spacial score (nSPS) is 20.5. The zero-order chi connectivity index (χ0) is 35.3. The van der Waals surface area contributed by atoms with Crippen LogP contribution in [0.1, 0.15) is 110 Å². The van der Waals surface area contributed by atoms with Gasteiger partial charge < -0.3 is 9.30 Å². The number of halogens is 2. The van der Waals surface area contributed by atoms with Crippen LogP contribution in [-0.2, 0) is 22.3 Å². The largest absolute Gasteiger partial charge is 0.361 e. The van der Waals surface area contributed by atoms with E-state index in [2.05, 4.69) is 24.2 Å². The Hall–Kier alpha value is -2.76. The SMILES string of the molecule is CC(C)(C)S(=O)C[C@@H](CC1CCC(F)(F)CC1)c1nc2cc([C@@H](C3CC3)N3C(=O)c4ccccc4C3=O)ccc2n1COCC[Si](C)(C)C. The monoisotopic (exact) mass is 711 g/mol. The van der Waals surface area contributed by atoms with Gasteiger partial charge in [-0.25, -0.2) is 13.8 Å². The molecule has 2 amide bonds. The number of amides is 2. The van der Waals surface area contributed by atoms with E-state index in [0.29, 0.717) is 42.7 Å². The first-order chi connectivity index (χ1) is 23.0. The summed E-state index contributed by atoms with van der Waals surface area (Å²) in [6.45, 7) is 13.7. The van der Waals surface area contributed by atoms with Gasteiger partial charge in [0.25, 0.3) is 11.8 Å². The maximum atomic E-state index is 14.1. The zero-order valence-corrected chi connectivity index (χ0v) is 31.6. The van der Waals surface area contributed by atoms with Crippen LogP contribution in [0.5, 0.6) is 0 Å².